The van der Waals surface area contributed by atoms with Gasteiger partial charge in [-0.05, 0) is 47.4 Å². The van der Waals surface area contributed by atoms with Gasteiger partial charge in [0.15, 0.2) is 23.3 Å². The number of halogens is 2. The first-order valence-electron chi connectivity index (χ1n) is 12.4. The fourth-order valence-corrected chi connectivity index (χ4v) is 5.05. The van der Waals surface area contributed by atoms with Crippen molar-refractivity contribution >= 4 is 40.1 Å². The summed E-state index contributed by atoms with van der Waals surface area (Å²) in [5.74, 6) is -4.21. The van der Waals surface area contributed by atoms with Crippen LogP contribution in [0.15, 0.2) is 59.7 Å². The number of carbonyl (C=O) groups is 1. The van der Waals surface area contributed by atoms with E-state index in [0.717, 1.165) is 46.1 Å². The normalized spacial score (nSPS) is 12.6. The van der Waals surface area contributed by atoms with Gasteiger partial charge in [-0.25, -0.2) is 23.5 Å². The van der Waals surface area contributed by atoms with Crippen LogP contribution in [0, 0.1) is 11.6 Å². The molecule has 0 spiro atoms. The van der Waals surface area contributed by atoms with Crippen molar-refractivity contribution in [2.45, 2.75) is 13.0 Å². The summed E-state index contributed by atoms with van der Waals surface area (Å²) >= 11 is 0. The molecular formula is C28H22F2N8O3. The number of rotatable bonds is 5. The predicted octanol–water partition coefficient (Wildman–Crippen LogP) is 3.13. The highest BCUT2D eigenvalue weighted by Gasteiger charge is 2.23. The lowest BCUT2D eigenvalue weighted by atomic mass is 9.99. The summed E-state index contributed by atoms with van der Waals surface area (Å²) in [6.45, 7) is 1.25. The van der Waals surface area contributed by atoms with Crippen molar-refractivity contribution in [1.82, 2.24) is 19.5 Å². The van der Waals surface area contributed by atoms with Crippen LogP contribution >= 0.6 is 0 Å². The van der Waals surface area contributed by atoms with E-state index in [1.807, 2.05) is 18.2 Å². The summed E-state index contributed by atoms with van der Waals surface area (Å²) in [7, 11) is 0. The molecule has 0 atom stereocenters. The van der Waals surface area contributed by atoms with Crippen molar-refractivity contribution in [3.05, 3.63) is 93.4 Å². The second kappa shape index (κ2) is 9.55. The van der Waals surface area contributed by atoms with E-state index in [0.29, 0.717) is 24.0 Å². The van der Waals surface area contributed by atoms with Crippen LogP contribution in [0.5, 0.6) is 0 Å². The highest BCUT2D eigenvalue weighted by Crippen LogP contribution is 2.35. The molecule has 3 aromatic heterocycles. The highest BCUT2D eigenvalue weighted by atomic mass is 19.1. The van der Waals surface area contributed by atoms with Crippen molar-refractivity contribution < 1.29 is 18.7 Å². The summed E-state index contributed by atoms with van der Waals surface area (Å²) in [6, 6.07) is 11.2. The Bertz CT molecular complexity index is 1960. The number of aromatic nitrogens is 4. The van der Waals surface area contributed by atoms with Crippen molar-refractivity contribution in [3.63, 3.8) is 0 Å². The molecule has 0 radical (unpaired) electrons. The van der Waals surface area contributed by atoms with Crippen molar-refractivity contribution in [1.29, 1.82) is 0 Å². The maximum atomic E-state index is 14.9. The molecule has 0 saturated heterocycles. The molecule has 0 aliphatic carbocycles. The van der Waals surface area contributed by atoms with E-state index in [-0.39, 0.29) is 16.9 Å². The lowest BCUT2D eigenvalue weighted by molar-refractivity contribution is 0.0695. The van der Waals surface area contributed by atoms with Gasteiger partial charge in [-0.3, -0.25) is 9.36 Å². The minimum absolute atomic E-state index is 0.0217. The Morgan fingerprint density at radius 3 is 2.49 bits per heavy atom. The highest BCUT2D eigenvalue weighted by molar-refractivity contribution is 5.94. The summed E-state index contributed by atoms with van der Waals surface area (Å²) in [6.07, 6.45) is 3.34. The second-order valence-corrected chi connectivity index (χ2v) is 9.59. The predicted molar refractivity (Wildman–Crippen MR) is 150 cm³/mol. The van der Waals surface area contributed by atoms with Gasteiger partial charge in [0.05, 0.1) is 5.52 Å². The fraction of sp³-hybridized carbons (Fsp3) is 0.107. The van der Waals surface area contributed by atoms with E-state index >= 15 is 0 Å². The molecule has 5 aromatic rings. The lowest BCUT2D eigenvalue weighted by Gasteiger charge is -2.20. The standard InChI is InChI=1S/C28H22F2N8O3/c29-19-9-20(30)26(35-25(19)32)38-12-18(27(40)41)23(39)17-3-1-14(8-22(17)38)13-2-4-21-15(7-13)5-6-37(21)11-16-10-34-28(33)36-24(16)31/h1-4,7-10,12H,5-6,11H2,(H2,32,35)(H,40,41)(H4,31,33,34,36). The number of carboxylic acids is 1. The maximum Gasteiger partial charge on any atom is 0.341 e. The Balaban J connectivity index is 1.44. The first-order valence-corrected chi connectivity index (χ1v) is 12.4. The molecule has 0 bridgehead atoms. The van der Waals surface area contributed by atoms with Gasteiger partial charge in [0.1, 0.15) is 11.4 Å². The Morgan fingerprint density at radius 2 is 1.73 bits per heavy atom. The summed E-state index contributed by atoms with van der Waals surface area (Å²) < 4.78 is 29.8. The number of carboxylic acid groups (broad SMARTS) is 1. The average molecular weight is 557 g/mol. The first-order chi connectivity index (χ1) is 19.6. The average Bonchev–Trinajstić information content (AvgIpc) is 3.34. The van der Waals surface area contributed by atoms with Gasteiger partial charge >= 0.3 is 5.97 Å². The number of hydrogen-bond donors (Lipinski definition) is 4. The molecule has 0 amide bonds. The fourth-order valence-electron chi connectivity index (χ4n) is 5.05. The van der Waals surface area contributed by atoms with Gasteiger partial charge in [0, 0.05) is 48.2 Å². The molecule has 6 rings (SSSR count). The van der Waals surface area contributed by atoms with E-state index < -0.39 is 40.2 Å². The summed E-state index contributed by atoms with van der Waals surface area (Å²) in [5, 5.41) is 9.61. The molecule has 1 aliphatic heterocycles. The van der Waals surface area contributed by atoms with Crippen molar-refractivity contribution in [2.75, 3.05) is 28.6 Å². The van der Waals surface area contributed by atoms with Gasteiger partial charge in [-0.1, -0.05) is 12.1 Å². The van der Waals surface area contributed by atoms with E-state index in [4.69, 9.17) is 17.2 Å². The number of hydrogen-bond acceptors (Lipinski definition) is 9. The van der Waals surface area contributed by atoms with Gasteiger partial charge in [-0.2, -0.15) is 4.98 Å². The third kappa shape index (κ3) is 4.42. The van der Waals surface area contributed by atoms with Crippen molar-refractivity contribution in [3.8, 4) is 16.9 Å². The largest absolute Gasteiger partial charge is 0.477 e. The molecule has 1 aliphatic rings. The van der Waals surface area contributed by atoms with Crippen LogP contribution in [-0.2, 0) is 13.0 Å². The van der Waals surface area contributed by atoms with Crippen LogP contribution in [-0.4, -0.2) is 37.1 Å². The van der Waals surface area contributed by atoms with Crippen molar-refractivity contribution in [2.24, 2.45) is 0 Å². The molecule has 41 heavy (non-hydrogen) atoms. The van der Waals surface area contributed by atoms with Crippen LogP contribution in [0.25, 0.3) is 27.8 Å². The lowest BCUT2D eigenvalue weighted by Crippen LogP contribution is -2.21. The van der Waals surface area contributed by atoms with Crippen LogP contribution in [0.4, 0.5) is 32.1 Å². The van der Waals surface area contributed by atoms with E-state index in [2.05, 4.69) is 19.9 Å². The number of nitrogens with zero attached hydrogens (tertiary/aromatic N) is 5. The second-order valence-electron chi connectivity index (χ2n) is 9.59. The van der Waals surface area contributed by atoms with Gasteiger partial charge < -0.3 is 27.2 Å². The molecule has 0 fully saturated rings. The molecule has 2 aromatic carbocycles. The molecule has 7 N–H and O–H groups in total. The van der Waals surface area contributed by atoms with E-state index in [1.54, 1.807) is 18.3 Å². The third-order valence-corrected chi connectivity index (χ3v) is 7.08. The maximum absolute atomic E-state index is 14.9. The number of benzene rings is 2. The number of nitrogen functional groups attached to an aromatic ring is 3. The Labute approximate surface area is 230 Å². The van der Waals surface area contributed by atoms with E-state index in [9.17, 15) is 23.5 Å². The summed E-state index contributed by atoms with van der Waals surface area (Å²) in [4.78, 5) is 38.8. The van der Waals surface area contributed by atoms with Gasteiger partial charge in [-0.15, -0.1) is 0 Å². The zero-order valence-corrected chi connectivity index (χ0v) is 21.3. The Hall–Kier alpha value is -5.59. The number of fused-ring (bicyclic) bond motifs is 2. The number of nitrogens with two attached hydrogens (primary N) is 3. The first kappa shape index (κ1) is 25.7. The quantitative estimate of drug-likeness (QED) is 0.251. The number of pyridine rings is 2. The molecule has 4 heterocycles. The van der Waals surface area contributed by atoms with E-state index in [1.165, 1.54) is 6.07 Å². The number of aromatic carboxylic acids is 1. The van der Waals surface area contributed by atoms with Gasteiger partial charge in [0.25, 0.3) is 0 Å². The summed E-state index contributed by atoms with van der Waals surface area (Å²) in [5.41, 5.74) is 20.4. The number of anilines is 4. The molecule has 11 nitrogen and oxygen atoms in total. The van der Waals surface area contributed by atoms with Crippen LogP contribution in [0.1, 0.15) is 21.5 Å². The minimum Gasteiger partial charge on any atom is -0.477 e. The monoisotopic (exact) mass is 556 g/mol. The smallest absolute Gasteiger partial charge is 0.341 e. The zero-order chi connectivity index (χ0) is 29.0. The van der Waals surface area contributed by atoms with Crippen LogP contribution < -0.4 is 27.5 Å². The van der Waals surface area contributed by atoms with Crippen LogP contribution in [0.3, 0.4) is 0 Å². The van der Waals surface area contributed by atoms with Crippen LogP contribution in [0.2, 0.25) is 0 Å². The zero-order valence-electron chi connectivity index (χ0n) is 21.3. The molecule has 206 valence electrons. The third-order valence-electron chi connectivity index (χ3n) is 7.08. The van der Waals surface area contributed by atoms with Gasteiger partial charge in [0.2, 0.25) is 11.4 Å². The molecule has 13 heteroatoms. The molecule has 0 unspecified atom stereocenters. The Kier molecular flexibility index (Phi) is 5.98. The molecular weight excluding hydrogens is 534 g/mol. The Morgan fingerprint density at radius 1 is 0.976 bits per heavy atom. The topological polar surface area (TPSA) is 179 Å². The minimum atomic E-state index is -1.50. The molecule has 0 saturated carbocycles. The SMILES string of the molecule is Nc1ncc(CN2CCc3cc(-c4ccc5c(=O)c(C(=O)O)cn(-c6nc(N)c(F)cc6F)c5c4)ccc32)c(N)n1.